The predicted octanol–water partition coefficient (Wildman–Crippen LogP) is 3.50. The van der Waals surface area contributed by atoms with Gasteiger partial charge in [0.25, 0.3) is 0 Å². The lowest BCUT2D eigenvalue weighted by atomic mass is 10.0. The highest BCUT2D eigenvalue weighted by Crippen LogP contribution is 2.18. The maximum absolute atomic E-state index is 13.4. The van der Waals surface area contributed by atoms with Crippen molar-refractivity contribution in [3.63, 3.8) is 0 Å². The molecule has 2 nitrogen and oxygen atoms in total. The van der Waals surface area contributed by atoms with Crippen LogP contribution in [0.1, 0.15) is 22.3 Å². The standard InChI is InChI=1S/C15H12F3NO/c16-12-6-5-11(14(17)15(12)18)13(20)7-4-9-2-1-3-10(19)8-9/h1-3,5-6,8H,4,7,19H2. The van der Waals surface area contributed by atoms with Crippen LogP contribution >= 0.6 is 0 Å². The van der Waals surface area contributed by atoms with Crippen molar-refractivity contribution in [1.82, 2.24) is 0 Å². The van der Waals surface area contributed by atoms with Gasteiger partial charge in [-0.2, -0.15) is 0 Å². The van der Waals surface area contributed by atoms with E-state index in [2.05, 4.69) is 0 Å². The minimum atomic E-state index is -1.63. The van der Waals surface area contributed by atoms with Crippen molar-refractivity contribution in [2.24, 2.45) is 0 Å². The van der Waals surface area contributed by atoms with Gasteiger partial charge in [0.15, 0.2) is 23.2 Å². The summed E-state index contributed by atoms with van der Waals surface area (Å²) in [6, 6.07) is 8.63. The molecule has 2 rings (SSSR count). The summed E-state index contributed by atoms with van der Waals surface area (Å²) in [6.45, 7) is 0. The maximum Gasteiger partial charge on any atom is 0.195 e. The minimum Gasteiger partial charge on any atom is -0.399 e. The van der Waals surface area contributed by atoms with Crippen molar-refractivity contribution >= 4 is 11.5 Å². The van der Waals surface area contributed by atoms with Gasteiger partial charge in [0.05, 0.1) is 5.56 Å². The van der Waals surface area contributed by atoms with Gasteiger partial charge in [-0.05, 0) is 36.2 Å². The van der Waals surface area contributed by atoms with Crippen molar-refractivity contribution in [3.05, 3.63) is 65.0 Å². The van der Waals surface area contributed by atoms with E-state index in [-0.39, 0.29) is 6.42 Å². The fourth-order valence-electron chi connectivity index (χ4n) is 1.88. The van der Waals surface area contributed by atoms with E-state index in [1.807, 2.05) is 0 Å². The maximum atomic E-state index is 13.4. The van der Waals surface area contributed by atoms with E-state index in [4.69, 9.17) is 5.73 Å². The summed E-state index contributed by atoms with van der Waals surface area (Å²) in [4.78, 5) is 11.8. The second kappa shape index (κ2) is 5.77. The fourth-order valence-corrected chi connectivity index (χ4v) is 1.88. The summed E-state index contributed by atoms with van der Waals surface area (Å²) in [5.41, 5.74) is 6.55. The molecule has 0 unspecified atom stereocenters. The van der Waals surface area contributed by atoms with Gasteiger partial charge in [-0.25, -0.2) is 13.2 Å². The summed E-state index contributed by atoms with van der Waals surface area (Å²) >= 11 is 0. The van der Waals surface area contributed by atoms with E-state index < -0.39 is 28.8 Å². The van der Waals surface area contributed by atoms with Crippen molar-refractivity contribution in [1.29, 1.82) is 0 Å². The third-order valence-corrected chi connectivity index (χ3v) is 2.93. The number of rotatable bonds is 4. The zero-order valence-corrected chi connectivity index (χ0v) is 10.5. The number of ketones is 1. The Balaban J connectivity index is 2.11. The van der Waals surface area contributed by atoms with Gasteiger partial charge < -0.3 is 5.73 Å². The van der Waals surface area contributed by atoms with E-state index in [0.717, 1.165) is 17.7 Å². The zero-order chi connectivity index (χ0) is 14.7. The van der Waals surface area contributed by atoms with Crippen LogP contribution in [0, 0.1) is 17.5 Å². The molecule has 0 aliphatic heterocycles. The summed E-state index contributed by atoms with van der Waals surface area (Å²) in [7, 11) is 0. The van der Waals surface area contributed by atoms with E-state index in [1.165, 1.54) is 0 Å². The Morgan fingerprint density at radius 2 is 1.80 bits per heavy atom. The molecule has 20 heavy (non-hydrogen) atoms. The van der Waals surface area contributed by atoms with Gasteiger partial charge in [-0.15, -0.1) is 0 Å². The molecule has 0 fully saturated rings. The lowest BCUT2D eigenvalue weighted by molar-refractivity contribution is 0.0977. The molecular formula is C15H12F3NO. The lowest BCUT2D eigenvalue weighted by Crippen LogP contribution is -2.07. The van der Waals surface area contributed by atoms with Gasteiger partial charge >= 0.3 is 0 Å². The Bertz CT molecular complexity index is 656. The zero-order valence-electron chi connectivity index (χ0n) is 10.5. The van der Waals surface area contributed by atoms with Crippen LogP contribution in [0.3, 0.4) is 0 Å². The molecule has 5 heteroatoms. The van der Waals surface area contributed by atoms with Gasteiger partial charge in [0.2, 0.25) is 0 Å². The first-order valence-corrected chi connectivity index (χ1v) is 6.00. The summed E-state index contributed by atoms with van der Waals surface area (Å²) in [6.07, 6.45) is 0.341. The molecule has 0 aliphatic carbocycles. The average molecular weight is 279 g/mol. The van der Waals surface area contributed by atoms with Gasteiger partial charge in [0.1, 0.15) is 0 Å². The number of benzene rings is 2. The first kappa shape index (κ1) is 14.1. The minimum absolute atomic E-state index is 0.00849. The van der Waals surface area contributed by atoms with Crippen LogP contribution < -0.4 is 5.73 Å². The first-order valence-electron chi connectivity index (χ1n) is 6.00. The van der Waals surface area contributed by atoms with E-state index in [0.29, 0.717) is 12.1 Å². The van der Waals surface area contributed by atoms with Crippen molar-refractivity contribution in [2.75, 3.05) is 5.73 Å². The normalized spacial score (nSPS) is 10.6. The second-order valence-electron chi connectivity index (χ2n) is 4.39. The van der Waals surface area contributed by atoms with E-state index in [1.54, 1.807) is 24.3 Å². The van der Waals surface area contributed by atoms with Gasteiger partial charge in [0, 0.05) is 12.1 Å². The molecule has 2 aromatic rings. The van der Waals surface area contributed by atoms with Gasteiger partial charge in [-0.3, -0.25) is 4.79 Å². The molecule has 0 amide bonds. The van der Waals surface area contributed by atoms with Crippen molar-refractivity contribution < 1.29 is 18.0 Å². The molecular weight excluding hydrogens is 267 g/mol. The summed E-state index contributed by atoms with van der Waals surface area (Å²) < 4.78 is 39.3. The third kappa shape index (κ3) is 2.99. The Morgan fingerprint density at radius 3 is 2.50 bits per heavy atom. The number of Topliss-reactive ketones (excluding diaryl/α,β-unsaturated/α-hetero) is 1. The highest BCUT2D eigenvalue weighted by Gasteiger charge is 2.18. The SMILES string of the molecule is Nc1cccc(CCC(=O)c2ccc(F)c(F)c2F)c1. The van der Waals surface area contributed by atoms with Crippen LogP contribution in [0.25, 0.3) is 0 Å². The second-order valence-corrected chi connectivity index (χ2v) is 4.39. The summed E-state index contributed by atoms with van der Waals surface area (Å²) in [5, 5.41) is 0. The molecule has 0 saturated carbocycles. The molecule has 2 N–H and O–H groups in total. The number of hydrogen-bond acceptors (Lipinski definition) is 2. The number of anilines is 1. The lowest BCUT2D eigenvalue weighted by Gasteiger charge is -2.05. The van der Waals surface area contributed by atoms with Gasteiger partial charge in [-0.1, -0.05) is 12.1 Å². The molecule has 0 heterocycles. The fraction of sp³-hybridized carbons (Fsp3) is 0.133. The van der Waals surface area contributed by atoms with Crippen LogP contribution in [0.15, 0.2) is 36.4 Å². The number of nitrogen functional groups attached to an aromatic ring is 1. The molecule has 2 aromatic carbocycles. The Labute approximate surface area is 114 Å². The largest absolute Gasteiger partial charge is 0.399 e. The predicted molar refractivity (Wildman–Crippen MR) is 69.8 cm³/mol. The third-order valence-electron chi connectivity index (χ3n) is 2.93. The molecule has 0 spiro atoms. The number of nitrogens with two attached hydrogens (primary N) is 1. The number of halogens is 3. The Morgan fingerprint density at radius 1 is 1.05 bits per heavy atom. The molecule has 0 atom stereocenters. The van der Waals surface area contributed by atoms with Crippen molar-refractivity contribution in [2.45, 2.75) is 12.8 Å². The molecule has 104 valence electrons. The smallest absolute Gasteiger partial charge is 0.195 e. The Kier molecular flexibility index (Phi) is 4.08. The highest BCUT2D eigenvalue weighted by molar-refractivity contribution is 5.96. The quantitative estimate of drug-likeness (QED) is 0.529. The molecule has 0 radical (unpaired) electrons. The summed E-state index contributed by atoms with van der Waals surface area (Å²) in [5.74, 6) is -4.96. The highest BCUT2D eigenvalue weighted by atomic mass is 19.2. The molecule has 0 aliphatic rings. The monoisotopic (exact) mass is 279 g/mol. The molecule has 0 saturated heterocycles. The topological polar surface area (TPSA) is 43.1 Å². The Hall–Kier alpha value is -2.30. The van der Waals surface area contributed by atoms with Crippen LogP contribution in [0.5, 0.6) is 0 Å². The van der Waals surface area contributed by atoms with Crippen LogP contribution in [0.2, 0.25) is 0 Å². The van der Waals surface area contributed by atoms with Crippen LogP contribution in [0.4, 0.5) is 18.9 Å². The van der Waals surface area contributed by atoms with E-state index >= 15 is 0 Å². The van der Waals surface area contributed by atoms with Crippen LogP contribution in [-0.2, 0) is 6.42 Å². The first-order chi connectivity index (χ1) is 9.49. The van der Waals surface area contributed by atoms with Crippen LogP contribution in [-0.4, -0.2) is 5.78 Å². The van der Waals surface area contributed by atoms with Crippen molar-refractivity contribution in [3.8, 4) is 0 Å². The number of carbonyl (C=O) groups excluding carboxylic acids is 1. The number of hydrogen-bond donors (Lipinski definition) is 1. The van der Waals surface area contributed by atoms with E-state index in [9.17, 15) is 18.0 Å². The number of aryl methyl sites for hydroxylation is 1. The average Bonchev–Trinajstić information content (AvgIpc) is 2.42. The molecule has 0 bridgehead atoms. The number of carbonyl (C=O) groups is 1. The molecule has 0 aromatic heterocycles.